The number of aromatic nitrogens is 3. The van der Waals surface area contributed by atoms with Crippen molar-refractivity contribution in [2.45, 2.75) is 13.5 Å². The van der Waals surface area contributed by atoms with Crippen LogP contribution in [0.2, 0.25) is 0 Å². The summed E-state index contributed by atoms with van der Waals surface area (Å²) in [7, 11) is 1.56. The van der Waals surface area contributed by atoms with Crippen molar-refractivity contribution >= 4 is 28.8 Å². The number of hydrogen-bond acceptors (Lipinski definition) is 6. The highest BCUT2D eigenvalue weighted by molar-refractivity contribution is 6.04. The molecule has 0 aliphatic carbocycles. The van der Waals surface area contributed by atoms with Gasteiger partial charge in [-0.25, -0.2) is 13.9 Å². The van der Waals surface area contributed by atoms with Gasteiger partial charge in [-0.3, -0.25) is 9.59 Å². The Hall–Kier alpha value is -4.60. The predicted octanol–water partition coefficient (Wildman–Crippen LogP) is 2.79. The van der Waals surface area contributed by atoms with E-state index in [0.717, 1.165) is 4.68 Å². The molecule has 2 amide bonds. The molecule has 2 heterocycles. The smallest absolute Gasteiger partial charge is 0.350 e. The van der Waals surface area contributed by atoms with Crippen LogP contribution in [0.4, 0.5) is 11.4 Å². The molecule has 34 heavy (non-hydrogen) atoms. The maximum absolute atomic E-state index is 12.8. The number of nitrogens with one attached hydrogen (secondary N) is 2. The summed E-state index contributed by atoms with van der Waals surface area (Å²) in [5.74, 6) is 0.379. The molecular formula is C24H23N5O5. The monoisotopic (exact) mass is 461 g/mol. The number of para-hydroxylation sites is 2. The fraction of sp³-hybridized carbons (Fsp3) is 0.167. The van der Waals surface area contributed by atoms with E-state index in [9.17, 15) is 14.4 Å². The molecule has 0 radical (unpaired) electrons. The molecule has 4 aromatic rings. The summed E-state index contributed by atoms with van der Waals surface area (Å²) < 4.78 is 12.9. The van der Waals surface area contributed by atoms with E-state index in [2.05, 4.69) is 15.7 Å². The third kappa shape index (κ3) is 4.90. The molecule has 2 aromatic carbocycles. The zero-order valence-corrected chi connectivity index (χ0v) is 18.6. The van der Waals surface area contributed by atoms with Gasteiger partial charge in [0.05, 0.1) is 25.0 Å². The normalized spacial score (nSPS) is 10.6. The van der Waals surface area contributed by atoms with Gasteiger partial charge >= 0.3 is 5.69 Å². The van der Waals surface area contributed by atoms with Gasteiger partial charge in [0.25, 0.3) is 5.91 Å². The van der Waals surface area contributed by atoms with E-state index in [0.29, 0.717) is 35.1 Å². The van der Waals surface area contributed by atoms with Crippen molar-refractivity contribution in [3.63, 3.8) is 0 Å². The number of methoxy groups -OCH3 is 1. The SMILES string of the molecule is CCOc1ccccc1NC(=O)Cn1nc2ccc(C(=O)Nc3ccc(OC)cc3)cn2c1=O. The van der Waals surface area contributed by atoms with Gasteiger partial charge in [-0.1, -0.05) is 12.1 Å². The Morgan fingerprint density at radius 2 is 1.76 bits per heavy atom. The zero-order valence-electron chi connectivity index (χ0n) is 18.6. The van der Waals surface area contributed by atoms with Gasteiger partial charge in [-0.15, -0.1) is 5.10 Å². The molecule has 4 rings (SSSR count). The topological polar surface area (TPSA) is 116 Å². The third-order valence-electron chi connectivity index (χ3n) is 4.94. The number of ether oxygens (including phenoxy) is 2. The summed E-state index contributed by atoms with van der Waals surface area (Å²) in [5, 5.41) is 9.68. The molecule has 0 fully saturated rings. The van der Waals surface area contributed by atoms with Crippen molar-refractivity contribution in [2.75, 3.05) is 24.4 Å². The molecular weight excluding hydrogens is 438 g/mol. The van der Waals surface area contributed by atoms with Crippen molar-refractivity contribution in [2.24, 2.45) is 0 Å². The van der Waals surface area contributed by atoms with Crippen LogP contribution in [-0.4, -0.2) is 39.7 Å². The van der Waals surface area contributed by atoms with Crippen molar-refractivity contribution in [1.29, 1.82) is 0 Å². The Bertz CT molecular complexity index is 1390. The largest absolute Gasteiger partial charge is 0.497 e. The number of carbonyl (C=O) groups excluding carboxylic acids is 2. The van der Waals surface area contributed by atoms with Gasteiger partial charge < -0.3 is 20.1 Å². The van der Waals surface area contributed by atoms with Crippen LogP contribution in [0, 0.1) is 0 Å². The van der Waals surface area contributed by atoms with E-state index in [-0.39, 0.29) is 12.1 Å². The highest BCUT2D eigenvalue weighted by Crippen LogP contribution is 2.23. The number of amides is 2. The minimum absolute atomic E-state index is 0.264. The Kier molecular flexibility index (Phi) is 6.58. The Labute approximate surface area is 194 Å². The van der Waals surface area contributed by atoms with Crippen molar-refractivity contribution in [3.8, 4) is 11.5 Å². The lowest BCUT2D eigenvalue weighted by molar-refractivity contribution is -0.117. The molecule has 0 spiro atoms. The van der Waals surface area contributed by atoms with Gasteiger partial charge in [0.1, 0.15) is 18.0 Å². The van der Waals surface area contributed by atoms with Gasteiger partial charge in [0, 0.05) is 11.9 Å². The maximum Gasteiger partial charge on any atom is 0.350 e. The minimum atomic E-state index is -0.539. The van der Waals surface area contributed by atoms with Crippen LogP contribution in [0.15, 0.2) is 71.7 Å². The first-order valence-electron chi connectivity index (χ1n) is 10.5. The molecule has 0 saturated heterocycles. The molecule has 0 saturated carbocycles. The molecule has 0 aliphatic rings. The van der Waals surface area contributed by atoms with Crippen LogP contribution < -0.4 is 25.8 Å². The summed E-state index contributed by atoms with van der Waals surface area (Å²) in [6, 6.07) is 17.0. The minimum Gasteiger partial charge on any atom is -0.497 e. The molecule has 174 valence electrons. The first-order chi connectivity index (χ1) is 16.5. The van der Waals surface area contributed by atoms with Crippen LogP contribution in [0.5, 0.6) is 11.5 Å². The van der Waals surface area contributed by atoms with E-state index in [4.69, 9.17) is 9.47 Å². The number of hydrogen-bond donors (Lipinski definition) is 2. The fourth-order valence-corrected chi connectivity index (χ4v) is 3.31. The average molecular weight is 461 g/mol. The number of nitrogens with zero attached hydrogens (tertiary/aromatic N) is 3. The molecule has 2 aromatic heterocycles. The van der Waals surface area contributed by atoms with Crippen molar-refractivity contribution in [1.82, 2.24) is 14.2 Å². The molecule has 2 N–H and O–H groups in total. The Morgan fingerprint density at radius 3 is 2.50 bits per heavy atom. The second-order valence-electron chi connectivity index (χ2n) is 7.25. The second-order valence-corrected chi connectivity index (χ2v) is 7.25. The van der Waals surface area contributed by atoms with E-state index in [1.165, 1.54) is 10.6 Å². The van der Waals surface area contributed by atoms with Crippen LogP contribution in [0.3, 0.4) is 0 Å². The van der Waals surface area contributed by atoms with Gasteiger partial charge in [-0.2, -0.15) is 0 Å². The number of rotatable bonds is 8. The van der Waals surface area contributed by atoms with Crippen molar-refractivity contribution in [3.05, 3.63) is 82.9 Å². The zero-order chi connectivity index (χ0) is 24.1. The predicted molar refractivity (Wildman–Crippen MR) is 127 cm³/mol. The Morgan fingerprint density at radius 1 is 1.00 bits per heavy atom. The molecule has 0 unspecified atom stereocenters. The first-order valence-corrected chi connectivity index (χ1v) is 10.5. The van der Waals surface area contributed by atoms with Crippen molar-refractivity contribution < 1.29 is 19.1 Å². The average Bonchev–Trinajstić information content (AvgIpc) is 3.15. The molecule has 0 atom stereocenters. The number of benzene rings is 2. The summed E-state index contributed by atoms with van der Waals surface area (Å²) in [6.07, 6.45) is 1.39. The second kappa shape index (κ2) is 9.90. The lowest BCUT2D eigenvalue weighted by atomic mass is 10.2. The number of fused-ring (bicyclic) bond motifs is 1. The van der Waals surface area contributed by atoms with Crippen LogP contribution >= 0.6 is 0 Å². The Balaban J connectivity index is 1.50. The van der Waals surface area contributed by atoms with E-state index in [1.54, 1.807) is 67.8 Å². The number of pyridine rings is 1. The fourth-order valence-electron chi connectivity index (χ4n) is 3.31. The summed E-state index contributed by atoms with van der Waals surface area (Å²) in [6.45, 7) is 2.00. The van der Waals surface area contributed by atoms with Gasteiger partial charge in [-0.05, 0) is 55.5 Å². The van der Waals surface area contributed by atoms with Crippen LogP contribution in [0.25, 0.3) is 5.65 Å². The summed E-state index contributed by atoms with van der Waals surface area (Å²) in [5.41, 5.74) is 1.12. The van der Waals surface area contributed by atoms with E-state index in [1.807, 2.05) is 6.92 Å². The van der Waals surface area contributed by atoms with Crippen LogP contribution in [-0.2, 0) is 11.3 Å². The molecule has 10 heteroatoms. The molecule has 0 bridgehead atoms. The first kappa shape index (κ1) is 22.6. The summed E-state index contributed by atoms with van der Waals surface area (Å²) >= 11 is 0. The third-order valence-corrected chi connectivity index (χ3v) is 4.94. The maximum atomic E-state index is 12.8. The van der Waals surface area contributed by atoms with Crippen LogP contribution in [0.1, 0.15) is 17.3 Å². The molecule has 0 aliphatic heterocycles. The quantitative estimate of drug-likeness (QED) is 0.417. The highest BCUT2D eigenvalue weighted by atomic mass is 16.5. The van der Waals surface area contributed by atoms with Gasteiger partial charge in [0.15, 0.2) is 5.65 Å². The van der Waals surface area contributed by atoms with E-state index >= 15 is 0 Å². The van der Waals surface area contributed by atoms with E-state index < -0.39 is 17.5 Å². The standard InChI is InChI=1S/C24H23N5O5/c1-3-34-20-7-5-4-6-19(20)26-22(30)15-29-24(32)28-14-16(8-13-21(28)27-29)23(31)25-17-9-11-18(33-2)12-10-17/h4-14H,3,15H2,1-2H3,(H,25,31)(H,26,30). The number of anilines is 2. The number of carbonyl (C=O) groups is 2. The summed E-state index contributed by atoms with van der Waals surface area (Å²) in [4.78, 5) is 38.0. The highest BCUT2D eigenvalue weighted by Gasteiger charge is 2.15. The lowest BCUT2D eigenvalue weighted by Crippen LogP contribution is -2.28. The lowest BCUT2D eigenvalue weighted by Gasteiger charge is -2.10. The molecule has 10 nitrogen and oxygen atoms in total. The van der Waals surface area contributed by atoms with Gasteiger partial charge in [0.2, 0.25) is 5.91 Å².